The van der Waals surface area contributed by atoms with Gasteiger partial charge in [-0.2, -0.15) is 0 Å². The number of nitrogens with one attached hydrogen (secondary N) is 1. The highest BCUT2D eigenvalue weighted by molar-refractivity contribution is 7.81. The summed E-state index contributed by atoms with van der Waals surface area (Å²) in [6.07, 6.45) is 0. The number of anilines is 3. The van der Waals surface area contributed by atoms with Gasteiger partial charge in [0, 0.05) is 23.2 Å². The fourth-order valence-electron chi connectivity index (χ4n) is 3.76. The second-order valence-electron chi connectivity index (χ2n) is 7.65. The number of hydrogen-bond donors (Lipinski definition) is 1. The lowest BCUT2D eigenvalue weighted by atomic mass is 10.0. The van der Waals surface area contributed by atoms with Crippen molar-refractivity contribution in [2.75, 3.05) is 21.7 Å². The lowest BCUT2D eigenvalue weighted by molar-refractivity contribution is -0.131. The molecule has 0 aliphatic carbocycles. The van der Waals surface area contributed by atoms with E-state index in [-0.39, 0.29) is 23.5 Å². The SMILES string of the molecule is O=C1C(CNc2ccccc2)C(=O)N(c2nc(-c3ccccc3)cs2)C(=S)N1c1ccccc1. The van der Waals surface area contributed by atoms with Crippen molar-refractivity contribution in [1.29, 1.82) is 0 Å². The van der Waals surface area contributed by atoms with Gasteiger partial charge in [0.15, 0.2) is 10.2 Å². The van der Waals surface area contributed by atoms with Crippen LogP contribution in [-0.4, -0.2) is 28.5 Å². The number of rotatable bonds is 6. The second kappa shape index (κ2) is 9.54. The van der Waals surface area contributed by atoms with E-state index in [4.69, 9.17) is 12.2 Å². The Morgan fingerprint density at radius 3 is 2.09 bits per heavy atom. The van der Waals surface area contributed by atoms with Gasteiger partial charge in [0.25, 0.3) is 0 Å². The zero-order valence-corrected chi connectivity index (χ0v) is 19.6. The van der Waals surface area contributed by atoms with E-state index < -0.39 is 5.92 Å². The van der Waals surface area contributed by atoms with Crippen LogP contribution >= 0.6 is 23.6 Å². The van der Waals surface area contributed by atoms with Crippen LogP contribution in [0.5, 0.6) is 0 Å². The smallest absolute Gasteiger partial charge is 0.249 e. The summed E-state index contributed by atoms with van der Waals surface area (Å²) in [7, 11) is 0. The molecule has 6 nitrogen and oxygen atoms in total. The number of para-hydroxylation sites is 2. The fourth-order valence-corrected chi connectivity index (χ4v) is 5.02. The van der Waals surface area contributed by atoms with Crippen molar-refractivity contribution in [3.05, 3.63) is 96.4 Å². The van der Waals surface area contributed by atoms with Gasteiger partial charge in [-0.1, -0.05) is 66.7 Å². The molecule has 4 aromatic rings. The molecule has 2 amide bonds. The molecular formula is C26H20N4O2S2. The van der Waals surface area contributed by atoms with Crippen LogP contribution in [0.1, 0.15) is 0 Å². The molecular weight excluding hydrogens is 464 g/mol. The average Bonchev–Trinajstić information content (AvgIpc) is 3.35. The van der Waals surface area contributed by atoms with Crippen molar-refractivity contribution in [3.63, 3.8) is 0 Å². The number of carbonyl (C=O) groups excluding carboxylic acids is 2. The number of carbonyl (C=O) groups is 2. The second-order valence-corrected chi connectivity index (χ2v) is 8.85. The molecule has 1 N–H and O–H groups in total. The van der Waals surface area contributed by atoms with Gasteiger partial charge in [-0.3, -0.25) is 14.5 Å². The van der Waals surface area contributed by atoms with Crippen LogP contribution in [0.15, 0.2) is 96.4 Å². The number of aromatic nitrogens is 1. The number of hydrogen-bond acceptors (Lipinski definition) is 6. The monoisotopic (exact) mass is 484 g/mol. The third-order valence-electron chi connectivity index (χ3n) is 5.47. The normalized spacial score (nSPS) is 16.1. The van der Waals surface area contributed by atoms with E-state index in [1.165, 1.54) is 21.1 Å². The molecule has 168 valence electrons. The van der Waals surface area contributed by atoms with Gasteiger partial charge < -0.3 is 5.32 Å². The minimum Gasteiger partial charge on any atom is -0.384 e. The zero-order valence-electron chi connectivity index (χ0n) is 18.0. The molecule has 34 heavy (non-hydrogen) atoms. The van der Waals surface area contributed by atoms with Crippen LogP contribution in [0.25, 0.3) is 11.3 Å². The number of benzene rings is 3. The van der Waals surface area contributed by atoms with E-state index in [1.54, 1.807) is 12.1 Å². The molecule has 3 aromatic carbocycles. The number of amides is 2. The lowest BCUT2D eigenvalue weighted by Crippen LogP contribution is -2.61. The summed E-state index contributed by atoms with van der Waals surface area (Å²) in [6, 6.07) is 28.3. The summed E-state index contributed by atoms with van der Waals surface area (Å²) in [5, 5.41) is 5.64. The third-order valence-corrected chi connectivity index (χ3v) is 6.66. The Bertz CT molecular complexity index is 1330. The van der Waals surface area contributed by atoms with Crippen LogP contribution in [0.3, 0.4) is 0 Å². The molecule has 1 unspecified atom stereocenters. The largest absolute Gasteiger partial charge is 0.384 e. The first-order chi connectivity index (χ1) is 16.6. The zero-order chi connectivity index (χ0) is 23.5. The molecule has 2 heterocycles. The molecule has 0 radical (unpaired) electrons. The highest BCUT2D eigenvalue weighted by Gasteiger charge is 2.45. The summed E-state index contributed by atoms with van der Waals surface area (Å²) >= 11 is 7.00. The van der Waals surface area contributed by atoms with Crippen LogP contribution in [0.2, 0.25) is 0 Å². The molecule has 1 saturated heterocycles. The molecule has 0 spiro atoms. The van der Waals surface area contributed by atoms with E-state index in [9.17, 15) is 9.59 Å². The van der Waals surface area contributed by atoms with Crippen molar-refractivity contribution in [2.45, 2.75) is 0 Å². The maximum atomic E-state index is 13.6. The topological polar surface area (TPSA) is 65.5 Å². The summed E-state index contributed by atoms with van der Waals surface area (Å²) < 4.78 is 0. The molecule has 8 heteroatoms. The van der Waals surface area contributed by atoms with Crippen LogP contribution in [0.4, 0.5) is 16.5 Å². The maximum absolute atomic E-state index is 13.6. The first-order valence-electron chi connectivity index (χ1n) is 10.7. The predicted octanol–water partition coefficient (Wildman–Crippen LogP) is 5.20. The Balaban J connectivity index is 1.51. The highest BCUT2D eigenvalue weighted by Crippen LogP contribution is 2.33. The number of thiocarbonyl (C=S) groups is 1. The first kappa shape index (κ1) is 21.9. The molecule has 0 bridgehead atoms. The Kier molecular flexibility index (Phi) is 6.16. The molecule has 0 saturated carbocycles. The van der Waals surface area contributed by atoms with Crippen molar-refractivity contribution in [3.8, 4) is 11.3 Å². The van der Waals surface area contributed by atoms with E-state index >= 15 is 0 Å². The average molecular weight is 485 g/mol. The Hall–Kier alpha value is -3.88. The molecule has 1 aliphatic heterocycles. The van der Waals surface area contributed by atoms with E-state index in [2.05, 4.69) is 10.3 Å². The molecule has 5 rings (SSSR count). The van der Waals surface area contributed by atoms with Crippen LogP contribution < -0.4 is 15.1 Å². The lowest BCUT2D eigenvalue weighted by Gasteiger charge is -2.38. The fraction of sp³-hybridized carbons (Fsp3) is 0.0769. The highest BCUT2D eigenvalue weighted by atomic mass is 32.1. The van der Waals surface area contributed by atoms with Gasteiger partial charge in [0.2, 0.25) is 11.8 Å². The van der Waals surface area contributed by atoms with Gasteiger partial charge in [-0.25, -0.2) is 9.88 Å². The van der Waals surface area contributed by atoms with Crippen molar-refractivity contribution in [2.24, 2.45) is 5.92 Å². The Morgan fingerprint density at radius 2 is 1.41 bits per heavy atom. The quantitative estimate of drug-likeness (QED) is 0.301. The maximum Gasteiger partial charge on any atom is 0.249 e. The summed E-state index contributed by atoms with van der Waals surface area (Å²) in [5.74, 6) is -1.71. The standard InChI is InChI=1S/C26H20N4O2S2/c31-23-21(16-27-19-12-6-2-7-13-19)24(32)30(26(33)29(23)20-14-8-3-9-15-20)25-28-22(17-34-25)18-10-4-1-5-11-18/h1-15,17,21,27H,16H2. The molecule has 1 fully saturated rings. The minimum absolute atomic E-state index is 0.103. The van der Waals surface area contributed by atoms with Crippen molar-refractivity contribution in [1.82, 2.24) is 4.98 Å². The number of thiazole rings is 1. The van der Waals surface area contributed by atoms with E-state index in [1.807, 2.05) is 84.2 Å². The summed E-state index contributed by atoms with van der Waals surface area (Å²) in [6.45, 7) is 0.140. The van der Waals surface area contributed by atoms with Gasteiger partial charge in [-0.15, -0.1) is 11.3 Å². The van der Waals surface area contributed by atoms with Gasteiger partial charge in [-0.05, 0) is 36.5 Å². The van der Waals surface area contributed by atoms with Gasteiger partial charge in [0.1, 0.15) is 5.92 Å². The first-order valence-corrected chi connectivity index (χ1v) is 12.0. The molecule has 1 aliphatic rings. The minimum atomic E-state index is -0.962. The summed E-state index contributed by atoms with van der Waals surface area (Å²) in [4.78, 5) is 34.6. The summed E-state index contributed by atoms with van der Waals surface area (Å²) in [5.41, 5.74) is 3.13. The van der Waals surface area contributed by atoms with E-state index in [0.717, 1.165) is 16.9 Å². The Labute approximate surface area is 206 Å². The van der Waals surface area contributed by atoms with Gasteiger partial charge >= 0.3 is 0 Å². The van der Waals surface area contributed by atoms with Crippen molar-refractivity contribution < 1.29 is 9.59 Å². The number of nitrogens with zero attached hydrogens (tertiary/aromatic N) is 3. The third kappa shape index (κ3) is 4.21. The van der Waals surface area contributed by atoms with Crippen molar-refractivity contribution >= 4 is 57.0 Å². The van der Waals surface area contributed by atoms with Gasteiger partial charge in [0.05, 0.1) is 11.4 Å². The predicted molar refractivity (Wildman–Crippen MR) is 140 cm³/mol. The molecule has 1 aromatic heterocycles. The molecule has 1 atom stereocenters. The van der Waals surface area contributed by atoms with E-state index in [0.29, 0.717) is 10.8 Å². The Morgan fingerprint density at radius 1 is 0.824 bits per heavy atom. The van der Waals surface area contributed by atoms with Crippen LogP contribution in [-0.2, 0) is 9.59 Å². The van der Waals surface area contributed by atoms with Crippen LogP contribution in [0, 0.1) is 5.92 Å².